The molecule has 3 aromatic rings. The lowest BCUT2D eigenvalue weighted by atomic mass is 9.99. The predicted octanol–water partition coefficient (Wildman–Crippen LogP) is 2.66. The van der Waals surface area contributed by atoms with Crippen LogP contribution in [0, 0.1) is 5.92 Å². The van der Waals surface area contributed by atoms with E-state index in [9.17, 15) is 4.79 Å². The summed E-state index contributed by atoms with van der Waals surface area (Å²) < 4.78 is 24.4. The quantitative estimate of drug-likeness (QED) is 0.455. The molecule has 1 aliphatic carbocycles. The highest BCUT2D eigenvalue weighted by atomic mass is 16.5. The monoisotopic (exact) mass is 491 g/mol. The number of nitrogens with one attached hydrogen (secondary N) is 1. The number of fused-ring (bicyclic) bond motifs is 2. The first kappa shape index (κ1) is 22.8. The molecule has 1 aromatic carbocycles. The molecule has 10 nitrogen and oxygen atoms in total. The minimum Gasteiger partial charge on any atom is -0.491 e. The van der Waals surface area contributed by atoms with Gasteiger partial charge in [0.05, 0.1) is 44.4 Å². The van der Waals surface area contributed by atoms with Crippen molar-refractivity contribution in [3.63, 3.8) is 0 Å². The summed E-state index contributed by atoms with van der Waals surface area (Å²) in [6.45, 7) is 2.57. The van der Waals surface area contributed by atoms with Crippen molar-refractivity contribution >= 4 is 5.91 Å². The Morgan fingerprint density at radius 3 is 2.92 bits per heavy atom. The van der Waals surface area contributed by atoms with Gasteiger partial charge in [0.25, 0.3) is 5.91 Å². The Morgan fingerprint density at radius 2 is 2.14 bits per heavy atom. The SMILES string of the molecule is COc1cnc(-c2ccc3c(c2)C[C@@H](NC(=O)c2cc4n(n2)CC(CCOCC2CC2)O4)CO3)cn1. The lowest BCUT2D eigenvalue weighted by Gasteiger charge is -2.26. The number of hydrogen-bond acceptors (Lipinski definition) is 8. The minimum absolute atomic E-state index is 0.0386. The zero-order valence-electron chi connectivity index (χ0n) is 20.2. The average molecular weight is 492 g/mol. The standard InChI is InChI=1S/C26H29N5O5/c1-33-24-12-27-22(11-28-24)17-4-5-23-18(8-17)9-19(15-35-23)29-26(32)21-10-25-31(30-21)13-20(36-25)6-7-34-14-16-2-3-16/h4-5,8,10-12,16,19-20H,2-3,6-7,9,13-15H2,1H3,(H,29,32)/t19-,20?/m1/s1. The van der Waals surface area contributed by atoms with E-state index < -0.39 is 0 Å². The van der Waals surface area contributed by atoms with Crippen LogP contribution in [0.3, 0.4) is 0 Å². The van der Waals surface area contributed by atoms with Gasteiger partial charge in [-0.1, -0.05) is 0 Å². The Balaban J connectivity index is 1.04. The van der Waals surface area contributed by atoms with E-state index in [-0.39, 0.29) is 18.1 Å². The molecule has 0 radical (unpaired) electrons. The zero-order chi connectivity index (χ0) is 24.5. The number of nitrogens with zero attached hydrogens (tertiary/aromatic N) is 4. The Hall–Kier alpha value is -3.66. The maximum Gasteiger partial charge on any atom is 0.272 e. The molecule has 4 heterocycles. The third kappa shape index (κ3) is 4.99. The van der Waals surface area contributed by atoms with Crippen LogP contribution in [0.25, 0.3) is 11.3 Å². The maximum atomic E-state index is 12.9. The molecule has 1 N–H and O–H groups in total. The molecule has 0 spiro atoms. The third-order valence-corrected chi connectivity index (χ3v) is 6.71. The number of amides is 1. The molecule has 2 aromatic heterocycles. The number of carbonyl (C=O) groups excluding carboxylic acids is 1. The second-order valence-corrected chi connectivity index (χ2v) is 9.55. The van der Waals surface area contributed by atoms with Gasteiger partial charge in [-0.25, -0.2) is 14.6 Å². The molecule has 36 heavy (non-hydrogen) atoms. The van der Waals surface area contributed by atoms with Crippen LogP contribution in [0.2, 0.25) is 0 Å². The number of aromatic nitrogens is 4. The average Bonchev–Trinajstić information content (AvgIpc) is 3.52. The lowest BCUT2D eigenvalue weighted by Crippen LogP contribution is -2.43. The van der Waals surface area contributed by atoms with Crippen molar-refractivity contribution in [2.24, 2.45) is 5.92 Å². The van der Waals surface area contributed by atoms with Crippen LogP contribution in [0.15, 0.2) is 36.7 Å². The molecule has 0 saturated heterocycles. The molecular weight excluding hydrogens is 462 g/mol. The number of benzene rings is 1. The summed E-state index contributed by atoms with van der Waals surface area (Å²) in [5.41, 5.74) is 3.02. The van der Waals surface area contributed by atoms with E-state index in [1.54, 1.807) is 30.3 Å². The highest BCUT2D eigenvalue weighted by Crippen LogP contribution is 2.31. The Kier molecular flexibility index (Phi) is 6.18. The van der Waals surface area contributed by atoms with Gasteiger partial charge >= 0.3 is 0 Å². The van der Waals surface area contributed by atoms with Gasteiger partial charge in [-0.2, -0.15) is 5.10 Å². The highest BCUT2D eigenvalue weighted by Gasteiger charge is 2.29. The summed E-state index contributed by atoms with van der Waals surface area (Å²) in [6, 6.07) is 7.44. The minimum atomic E-state index is -0.237. The van der Waals surface area contributed by atoms with Gasteiger partial charge in [-0.05, 0) is 48.9 Å². The Morgan fingerprint density at radius 1 is 1.22 bits per heavy atom. The van der Waals surface area contributed by atoms with Crippen molar-refractivity contribution in [3.8, 4) is 28.8 Å². The maximum absolute atomic E-state index is 12.9. The zero-order valence-corrected chi connectivity index (χ0v) is 20.2. The van der Waals surface area contributed by atoms with Gasteiger partial charge in [0.2, 0.25) is 11.8 Å². The molecule has 1 fully saturated rings. The number of rotatable bonds is 9. The summed E-state index contributed by atoms with van der Waals surface area (Å²) in [4.78, 5) is 21.5. The van der Waals surface area contributed by atoms with Crippen molar-refractivity contribution in [2.75, 3.05) is 26.9 Å². The first-order chi connectivity index (χ1) is 17.6. The lowest BCUT2D eigenvalue weighted by molar-refractivity contribution is 0.0893. The fraction of sp³-hybridized carbons (Fsp3) is 0.462. The van der Waals surface area contributed by atoms with Crippen LogP contribution in [-0.4, -0.2) is 64.7 Å². The van der Waals surface area contributed by atoms with E-state index in [0.29, 0.717) is 43.6 Å². The number of ether oxygens (including phenoxy) is 4. The fourth-order valence-electron chi connectivity index (χ4n) is 4.51. The largest absolute Gasteiger partial charge is 0.491 e. The van der Waals surface area contributed by atoms with Crippen molar-refractivity contribution < 1.29 is 23.7 Å². The van der Waals surface area contributed by atoms with E-state index in [0.717, 1.165) is 41.5 Å². The van der Waals surface area contributed by atoms with Crippen LogP contribution in [0.5, 0.6) is 17.5 Å². The van der Waals surface area contributed by atoms with E-state index in [1.165, 1.54) is 12.8 Å². The van der Waals surface area contributed by atoms with Gasteiger partial charge in [-0.3, -0.25) is 4.79 Å². The Bertz CT molecular complexity index is 1220. The molecule has 6 rings (SSSR count). The summed E-state index contributed by atoms with van der Waals surface area (Å²) in [5, 5.41) is 7.51. The molecule has 188 valence electrons. The van der Waals surface area contributed by atoms with Crippen LogP contribution in [0.1, 0.15) is 35.3 Å². The second kappa shape index (κ2) is 9.77. The summed E-state index contributed by atoms with van der Waals surface area (Å²) in [5.74, 6) is 2.43. The van der Waals surface area contributed by atoms with Crippen molar-refractivity contribution in [3.05, 3.63) is 47.9 Å². The number of hydrogen-bond donors (Lipinski definition) is 1. The van der Waals surface area contributed by atoms with Gasteiger partial charge in [-0.15, -0.1) is 0 Å². The van der Waals surface area contributed by atoms with Gasteiger partial charge in [0, 0.05) is 24.7 Å². The summed E-state index contributed by atoms with van der Waals surface area (Å²) in [6.07, 6.45) is 7.35. The molecule has 1 saturated carbocycles. The molecule has 1 amide bonds. The molecule has 2 aliphatic heterocycles. The van der Waals surface area contributed by atoms with E-state index in [1.807, 2.05) is 18.2 Å². The molecule has 10 heteroatoms. The predicted molar refractivity (Wildman–Crippen MR) is 129 cm³/mol. The number of carbonyl (C=O) groups is 1. The number of methoxy groups -OCH3 is 1. The first-order valence-corrected chi connectivity index (χ1v) is 12.4. The van der Waals surface area contributed by atoms with Gasteiger partial charge < -0.3 is 24.3 Å². The Labute approximate surface area is 208 Å². The van der Waals surface area contributed by atoms with Gasteiger partial charge in [0.15, 0.2) is 5.69 Å². The summed E-state index contributed by atoms with van der Waals surface area (Å²) >= 11 is 0. The fourth-order valence-corrected chi connectivity index (χ4v) is 4.51. The van der Waals surface area contributed by atoms with Crippen LogP contribution in [0.4, 0.5) is 0 Å². The van der Waals surface area contributed by atoms with Crippen LogP contribution in [-0.2, 0) is 17.7 Å². The molecule has 3 aliphatic rings. The molecule has 0 bridgehead atoms. The van der Waals surface area contributed by atoms with Crippen molar-refractivity contribution in [1.29, 1.82) is 0 Å². The van der Waals surface area contributed by atoms with E-state index in [2.05, 4.69) is 20.4 Å². The highest BCUT2D eigenvalue weighted by molar-refractivity contribution is 5.92. The molecular formula is C26H29N5O5. The van der Waals surface area contributed by atoms with Crippen LogP contribution < -0.4 is 19.5 Å². The topological polar surface area (TPSA) is 110 Å². The van der Waals surface area contributed by atoms with E-state index >= 15 is 0 Å². The normalized spacial score (nSPS) is 20.1. The smallest absolute Gasteiger partial charge is 0.272 e. The van der Waals surface area contributed by atoms with Crippen molar-refractivity contribution in [2.45, 2.75) is 44.4 Å². The van der Waals surface area contributed by atoms with E-state index in [4.69, 9.17) is 18.9 Å². The molecule has 1 unspecified atom stereocenters. The third-order valence-electron chi connectivity index (χ3n) is 6.71. The van der Waals surface area contributed by atoms with Crippen LogP contribution >= 0.6 is 0 Å². The first-order valence-electron chi connectivity index (χ1n) is 12.4. The molecule has 2 atom stereocenters. The summed E-state index contributed by atoms with van der Waals surface area (Å²) in [7, 11) is 1.56. The van der Waals surface area contributed by atoms with Crippen molar-refractivity contribution in [1.82, 2.24) is 25.1 Å². The second-order valence-electron chi connectivity index (χ2n) is 9.55. The van der Waals surface area contributed by atoms with Gasteiger partial charge in [0.1, 0.15) is 18.5 Å².